The lowest BCUT2D eigenvalue weighted by Gasteiger charge is -2.08. The molecule has 0 unspecified atom stereocenters. The van der Waals surface area contributed by atoms with E-state index in [-0.39, 0.29) is 5.63 Å². The van der Waals surface area contributed by atoms with Crippen molar-refractivity contribution < 1.29 is 9.15 Å². The number of fused-ring (bicyclic) bond motifs is 1. The van der Waals surface area contributed by atoms with Gasteiger partial charge >= 0.3 is 5.63 Å². The van der Waals surface area contributed by atoms with Crippen LogP contribution in [0.2, 0.25) is 0 Å². The fourth-order valence-electron chi connectivity index (χ4n) is 3.60. The maximum absolute atomic E-state index is 12.3. The maximum Gasteiger partial charge on any atom is 0.343 e. The molecule has 0 spiro atoms. The Hall–Kier alpha value is -2.03. The van der Waals surface area contributed by atoms with E-state index >= 15 is 0 Å². The second-order valence-corrected chi connectivity index (χ2v) is 7.89. The Kier molecular flexibility index (Phi) is 11.3. The fraction of sp³-hybridized carbons (Fsp3) is 0.577. The number of benzene rings is 1. The third-order valence-electron chi connectivity index (χ3n) is 5.34. The highest BCUT2D eigenvalue weighted by Gasteiger charge is 2.06. The summed E-state index contributed by atoms with van der Waals surface area (Å²) in [4.78, 5) is 12.3. The first-order valence-electron chi connectivity index (χ1n) is 11.6. The zero-order valence-corrected chi connectivity index (χ0v) is 18.4. The van der Waals surface area contributed by atoms with Crippen molar-refractivity contribution in [2.45, 2.75) is 90.9 Å². The Morgan fingerprint density at radius 2 is 1.62 bits per heavy atom. The summed E-state index contributed by atoms with van der Waals surface area (Å²) in [5.74, 6) is 1.49. The molecule has 160 valence electrons. The summed E-state index contributed by atoms with van der Waals surface area (Å²) < 4.78 is 11.3. The van der Waals surface area contributed by atoms with E-state index in [1.54, 1.807) is 0 Å². The molecule has 0 radical (unpaired) electrons. The van der Waals surface area contributed by atoms with Crippen LogP contribution in [0, 0.1) is 0 Å². The van der Waals surface area contributed by atoms with Crippen molar-refractivity contribution in [2.75, 3.05) is 6.61 Å². The van der Waals surface area contributed by atoms with Gasteiger partial charge in [0, 0.05) is 6.42 Å². The Labute approximate surface area is 176 Å². The van der Waals surface area contributed by atoms with Gasteiger partial charge in [0.2, 0.25) is 0 Å². The maximum atomic E-state index is 12.3. The van der Waals surface area contributed by atoms with Crippen molar-refractivity contribution in [1.29, 1.82) is 0 Å². The molecule has 0 N–H and O–H groups in total. The molecular weight excluding hydrogens is 360 g/mol. The average molecular weight is 399 g/mol. The topological polar surface area (TPSA) is 39.4 Å². The molecule has 1 aromatic heterocycles. The van der Waals surface area contributed by atoms with Gasteiger partial charge in [0.25, 0.3) is 0 Å². The molecule has 3 nitrogen and oxygen atoms in total. The van der Waals surface area contributed by atoms with Crippen LogP contribution < -0.4 is 10.4 Å². The average Bonchev–Trinajstić information content (AvgIpc) is 2.72. The molecule has 2 aromatic rings. The number of hydrogen-bond donors (Lipinski definition) is 0. The largest absolute Gasteiger partial charge is 0.494 e. The minimum atomic E-state index is -0.276. The van der Waals surface area contributed by atoms with Crippen LogP contribution >= 0.6 is 0 Å². The lowest BCUT2D eigenvalue weighted by Crippen LogP contribution is -2.03. The van der Waals surface area contributed by atoms with Gasteiger partial charge in [-0.3, -0.25) is 0 Å². The number of aryl methyl sites for hydroxylation is 1. The summed E-state index contributed by atoms with van der Waals surface area (Å²) in [6.45, 7) is 4.96. The first-order valence-corrected chi connectivity index (χ1v) is 11.6. The molecule has 29 heavy (non-hydrogen) atoms. The molecule has 0 bridgehead atoms. The number of ether oxygens (including phenoxy) is 1. The van der Waals surface area contributed by atoms with E-state index in [0.29, 0.717) is 12.0 Å². The van der Waals surface area contributed by atoms with Gasteiger partial charge in [-0.05, 0) is 43.4 Å². The second kappa shape index (κ2) is 14.0. The highest BCUT2D eigenvalue weighted by molar-refractivity contribution is 5.82. The Bertz CT molecular complexity index is 788. The Morgan fingerprint density at radius 3 is 2.31 bits per heavy atom. The number of rotatable bonds is 15. The molecule has 2 rings (SSSR count). The monoisotopic (exact) mass is 398 g/mol. The highest BCUT2D eigenvalue weighted by atomic mass is 16.5. The smallest absolute Gasteiger partial charge is 0.343 e. The second-order valence-electron chi connectivity index (χ2n) is 7.89. The van der Waals surface area contributed by atoms with Gasteiger partial charge in [0.05, 0.1) is 12.0 Å². The van der Waals surface area contributed by atoms with Crippen LogP contribution in [-0.2, 0) is 6.42 Å². The van der Waals surface area contributed by atoms with Gasteiger partial charge in [-0.2, -0.15) is 0 Å². The zero-order chi connectivity index (χ0) is 20.7. The van der Waals surface area contributed by atoms with E-state index in [1.807, 2.05) is 37.3 Å². The SMILES string of the molecule is C/C=C/CCc1cc2ccc(OCCCCCCCCCCCC)cc2c(=O)o1. The molecule has 1 aromatic carbocycles. The van der Waals surface area contributed by atoms with Crippen molar-refractivity contribution in [2.24, 2.45) is 0 Å². The summed E-state index contributed by atoms with van der Waals surface area (Å²) in [7, 11) is 0. The molecule has 0 aliphatic rings. The van der Waals surface area contributed by atoms with Gasteiger partial charge in [-0.15, -0.1) is 0 Å². The quantitative estimate of drug-likeness (QED) is 0.229. The predicted molar refractivity (Wildman–Crippen MR) is 123 cm³/mol. The summed E-state index contributed by atoms with van der Waals surface area (Å²) in [5.41, 5.74) is -0.276. The summed E-state index contributed by atoms with van der Waals surface area (Å²) in [5, 5.41) is 1.52. The van der Waals surface area contributed by atoms with E-state index < -0.39 is 0 Å². The lowest BCUT2D eigenvalue weighted by molar-refractivity contribution is 0.304. The fourth-order valence-corrected chi connectivity index (χ4v) is 3.60. The number of unbranched alkanes of at least 4 members (excludes halogenated alkanes) is 9. The van der Waals surface area contributed by atoms with Crippen LogP contribution in [0.1, 0.15) is 90.2 Å². The van der Waals surface area contributed by atoms with Crippen molar-refractivity contribution in [3.05, 3.63) is 52.6 Å². The Morgan fingerprint density at radius 1 is 0.931 bits per heavy atom. The molecule has 0 aliphatic carbocycles. The van der Waals surface area contributed by atoms with Gasteiger partial charge in [0.1, 0.15) is 11.5 Å². The molecule has 1 heterocycles. The minimum absolute atomic E-state index is 0.276. The normalized spacial score (nSPS) is 11.5. The van der Waals surface area contributed by atoms with E-state index in [9.17, 15) is 4.79 Å². The lowest BCUT2D eigenvalue weighted by atomic mass is 10.1. The molecular formula is C26H38O3. The van der Waals surface area contributed by atoms with E-state index in [4.69, 9.17) is 9.15 Å². The third kappa shape index (κ3) is 8.89. The molecule has 0 amide bonds. The van der Waals surface area contributed by atoms with Crippen molar-refractivity contribution in [1.82, 2.24) is 0 Å². The van der Waals surface area contributed by atoms with E-state index in [1.165, 1.54) is 57.8 Å². The van der Waals surface area contributed by atoms with Crippen molar-refractivity contribution in [3.8, 4) is 5.75 Å². The molecule has 0 saturated carbocycles. The van der Waals surface area contributed by atoms with E-state index in [2.05, 4.69) is 13.0 Å². The third-order valence-corrected chi connectivity index (χ3v) is 5.34. The highest BCUT2D eigenvalue weighted by Crippen LogP contribution is 2.20. The van der Waals surface area contributed by atoms with Crippen LogP contribution in [0.3, 0.4) is 0 Å². The molecule has 0 saturated heterocycles. The van der Waals surface area contributed by atoms with Crippen LogP contribution in [-0.4, -0.2) is 6.61 Å². The van der Waals surface area contributed by atoms with Crippen LogP contribution in [0.15, 0.2) is 45.6 Å². The van der Waals surface area contributed by atoms with Crippen molar-refractivity contribution in [3.63, 3.8) is 0 Å². The molecule has 0 fully saturated rings. The molecule has 0 aliphatic heterocycles. The van der Waals surface area contributed by atoms with Crippen LogP contribution in [0.4, 0.5) is 0 Å². The number of allylic oxidation sites excluding steroid dienone is 2. The summed E-state index contributed by atoms with van der Waals surface area (Å²) in [6.07, 6.45) is 18.8. The van der Waals surface area contributed by atoms with Gasteiger partial charge in [0.15, 0.2) is 0 Å². The van der Waals surface area contributed by atoms with Crippen molar-refractivity contribution >= 4 is 10.8 Å². The first-order chi connectivity index (χ1) is 14.2. The standard InChI is InChI=1S/C26H38O3/c1-3-5-7-8-9-10-11-12-13-15-19-28-23-18-17-22-20-24(16-14-6-4-2)29-26(27)25(22)21-23/h4,6,17-18,20-21H,3,5,7-16,19H2,1-2H3/b6-4+. The summed E-state index contributed by atoms with van der Waals surface area (Å²) >= 11 is 0. The predicted octanol–water partition coefficient (Wildman–Crippen LogP) is 7.60. The zero-order valence-electron chi connectivity index (χ0n) is 18.4. The Balaban J connectivity index is 1.69. The number of hydrogen-bond acceptors (Lipinski definition) is 3. The first kappa shape index (κ1) is 23.3. The van der Waals surface area contributed by atoms with Gasteiger partial charge < -0.3 is 9.15 Å². The molecule has 3 heteroatoms. The van der Waals surface area contributed by atoms with Gasteiger partial charge in [-0.1, -0.05) is 82.9 Å². The van der Waals surface area contributed by atoms with Crippen LogP contribution in [0.5, 0.6) is 5.75 Å². The van der Waals surface area contributed by atoms with Crippen LogP contribution in [0.25, 0.3) is 10.8 Å². The van der Waals surface area contributed by atoms with E-state index in [0.717, 1.165) is 36.2 Å². The summed E-state index contributed by atoms with van der Waals surface area (Å²) in [6, 6.07) is 7.69. The molecule has 0 atom stereocenters. The van der Waals surface area contributed by atoms with Gasteiger partial charge in [-0.25, -0.2) is 4.79 Å². The minimum Gasteiger partial charge on any atom is -0.494 e.